The van der Waals surface area contributed by atoms with Gasteiger partial charge in [-0.2, -0.15) is 0 Å². The molecule has 6 heteroatoms. The zero-order valence-electron chi connectivity index (χ0n) is 18.9. The molecule has 0 saturated carbocycles. The van der Waals surface area contributed by atoms with Crippen molar-refractivity contribution in [3.8, 4) is 0 Å². The van der Waals surface area contributed by atoms with Gasteiger partial charge >= 0.3 is 0 Å². The number of ether oxygens (including phenoxy) is 1. The molecule has 0 atom stereocenters. The molecule has 0 spiro atoms. The van der Waals surface area contributed by atoms with Gasteiger partial charge in [0, 0.05) is 23.1 Å². The quantitative estimate of drug-likeness (QED) is 0.214. The third-order valence-corrected chi connectivity index (χ3v) is 8.00. The smallest absolute Gasteiger partial charge is 0.126 e. The van der Waals surface area contributed by atoms with Gasteiger partial charge in [0.2, 0.25) is 0 Å². The normalized spacial score (nSPS) is 15.9. The first-order valence-electron chi connectivity index (χ1n) is 11.2. The van der Waals surface area contributed by atoms with E-state index in [4.69, 9.17) is 14.7 Å². The van der Waals surface area contributed by atoms with E-state index in [1.54, 1.807) is 17.7 Å². The van der Waals surface area contributed by atoms with Crippen LogP contribution >= 0.6 is 23.1 Å². The average Bonchev–Trinajstić information content (AvgIpc) is 3.06. The molecule has 0 fully saturated rings. The fourth-order valence-electron chi connectivity index (χ4n) is 4.21. The molecular weight excluding hydrogens is 410 g/mol. The maximum Gasteiger partial charge on any atom is 0.126 e. The summed E-state index contributed by atoms with van der Waals surface area (Å²) in [5.74, 6) is 1.68. The molecule has 0 bridgehead atoms. The van der Waals surface area contributed by atoms with Gasteiger partial charge in [-0.05, 0) is 43.9 Å². The molecule has 3 aromatic heterocycles. The lowest BCUT2D eigenvalue weighted by Gasteiger charge is -2.33. The Morgan fingerprint density at radius 2 is 2.00 bits per heavy atom. The topological polar surface area (TPSA) is 47.9 Å². The second-order valence-corrected chi connectivity index (χ2v) is 11.5. The summed E-state index contributed by atoms with van der Waals surface area (Å²) in [5.41, 5.74) is 4.82. The van der Waals surface area contributed by atoms with Crippen LogP contribution in [-0.2, 0) is 24.2 Å². The average molecular weight is 444 g/mol. The fourth-order valence-corrected chi connectivity index (χ4v) is 6.46. The van der Waals surface area contributed by atoms with Crippen molar-refractivity contribution in [2.45, 2.75) is 90.4 Å². The molecule has 3 aromatic rings. The molecule has 0 aromatic carbocycles. The van der Waals surface area contributed by atoms with Crippen LogP contribution in [0.5, 0.6) is 0 Å². The summed E-state index contributed by atoms with van der Waals surface area (Å²) < 4.78 is 7.39. The Morgan fingerprint density at radius 3 is 2.77 bits per heavy atom. The standard InChI is InChI=1S/C24H33N3OS2/c1-6-7-8-9-10-29-23-21-20(25-14-26-23)19-16-12-24(4,5)28-13-17(16)18(11-15(2)3)27-22(19)30-21/h14-15H,6-13H2,1-5H3. The van der Waals surface area contributed by atoms with Crippen LogP contribution < -0.4 is 0 Å². The largest absolute Gasteiger partial charge is 0.370 e. The van der Waals surface area contributed by atoms with Crippen LogP contribution in [0.4, 0.5) is 0 Å². The molecule has 4 rings (SSSR count). The minimum Gasteiger partial charge on any atom is -0.370 e. The Bertz CT molecular complexity index is 1040. The van der Waals surface area contributed by atoms with E-state index in [0.29, 0.717) is 12.5 Å². The Kier molecular flexibility index (Phi) is 6.66. The molecule has 0 radical (unpaired) electrons. The molecule has 1 aliphatic rings. The van der Waals surface area contributed by atoms with E-state index in [2.05, 4.69) is 39.6 Å². The highest BCUT2D eigenvalue weighted by molar-refractivity contribution is 7.99. The van der Waals surface area contributed by atoms with Crippen molar-refractivity contribution in [2.24, 2.45) is 5.92 Å². The number of thioether (sulfide) groups is 1. The van der Waals surface area contributed by atoms with Crippen LogP contribution in [0.2, 0.25) is 0 Å². The summed E-state index contributed by atoms with van der Waals surface area (Å²) >= 11 is 3.65. The maximum absolute atomic E-state index is 6.19. The van der Waals surface area contributed by atoms with E-state index in [1.165, 1.54) is 52.6 Å². The summed E-state index contributed by atoms with van der Waals surface area (Å²) in [4.78, 5) is 15.6. The van der Waals surface area contributed by atoms with Gasteiger partial charge in [0.15, 0.2) is 0 Å². The van der Waals surface area contributed by atoms with Gasteiger partial charge in [0.25, 0.3) is 0 Å². The van der Waals surface area contributed by atoms with Crippen LogP contribution in [0.25, 0.3) is 20.4 Å². The second-order valence-electron chi connectivity index (χ2n) is 9.39. The number of fused-ring (bicyclic) bond motifs is 5. The molecule has 30 heavy (non-hydrogen) atoms. The van der Waals surface area contributed by atoms with Gasteiger partial charge in [-0.25, -0.2) is 15.0 Å². The van der Waals surface area contributed by atoms with Crippen LogP contribution in [0.1, 0.15) is 77.1 Å². The summed E-state index contributed by atoms with van der Waals surface area (Å²) in [6, 6.07) is 0. The second kappa shape index (κ2) is 9.09. The molecule has 162 valence electrons. The number of nitrogens with zero attached hydrogens (tertiary/aromatic N) is 3. The van der Waals surface area contributed by atoms with Gasteiger partial charge in [0.1, 0.15) is 16.2 Å². The fraction of sp³-hybridized carbons (Fsp3) is 0.625. The first-order chi connectivity index (χ1) is 14.4. The minimum absolute atomic E-state index is 0.158. The number of unbranched alkanes of at least 4 members (excludes halogenated alkanes) is 3. The van der Waals surface area contributed by atoms with Gasteiger partial charge < -0.3 is 4.74 Å². The van der Waals surface area contributed by atoms with Crippen molar-refractivity contribution in [1.29, 1.82) is 0 Å². The van der Waals surface area contributed by atoms with Crippen molar-refractivity contribution >= 4 is 43.5 Å². The molecule has 4 nitrogen and oxygen atoms in total. The van der Waals surface area contributed by atoms with E-state index < -0.39 is 0 Å². The van der Waals surface area contributed by atoms with E-state index in [0.717, 1.165) is 34.0 Å². The summed E-state index contributed by atoms with van der Waals surface area (Å²) in [6.07, 6.45) is 8.76. The predicted molar refractivity (Wildman–Crippen MR) is 129 cm³/mol. The van der Waals surface area contributed by atoms with Gasteiger partial charge in [-0.3, -0.25) is 0 Å². The van der Waals surface area contributed by atoms with Crippen molar-refractivity contribution in [3.05, 3.63) is 23.1 Å². The van der Waals surface area contributed by atoms with Crippen molar-refractivity contribution in [1.82, 2.24) is 15.0 Å². The first kappa shape index (κ1) is 22.0. The lowest BCUT2D eigenvalue weighted by atomic mass is 9.88. The van der Waals surface area contributed by atoms with E-state index >= 15 is 0 Å². The number of aromatic nitrogens is 3. The van der Waals surface area contributed by atoms with Crippen molar-refractivity contribution < 1.29 is 4.74 Å². The van der Waals surface area contributed by atoms with Crippen LogP contribution in [0.3, 0.4) is 0 Å². The SMILES string of the molecule is CCCCCCSc1ncnc2c1sc1nc(CC(C)C)c3c(c12)CC(C)(C)OC3. The monoisotopic (exact) mass is 443 g/mol. The van der Waals surface area contributed by atoms with Crippen LogP contribution in [0, 0.1) is 5.92 Å². The van der Waals surface area contributed by atoms with Gasteiger partial charge in [-0.15, -0.1) is 23.1 Å². The number of hydrogen-bond donors (Lipinski definition) is 0. The Balaban J connectivity index is 1.80. The summed E-state index contributed by atoms with van der Waals surface area (Å²) in [5, 5.41) is 2.36. The highest BCUT2D eigenvalue weighted by Crippen LogP contribution is 2.43. The molecule has 0 amide bonds. The van der Waals surface area contributed by atoms with Gasteiger partial charge in [-0.1, -0.05) is 40.0 Å². The van der Waals surface area contributed by atoms with Crippen molar-refractivity contribution in [3.63, 3.8) is 0 Å². The highest BCUT2D eigenvalue weighted by Gasteiger charge is 2.31. The maximum atomic E-state index is 6.19. The molecule has 0 unspecified atom stereocenters. The lowest BCUT2D eigenvalue weighted by molar-refractivity contribution is -0.0402. The number of pyridine rings is 1. The first-order valence-corrected chi connectivity index (χ1v) is 13.0. The van der Waals surface area contributed by atoms with Crippen LogP contribution in [0.15, 0.2) is 11.4 Å². The molecule has 0 aliphatic carbocycles. The Hall–Kier alpha value is -1.24. The van der Waals surface area contributed by atoms with E-state index in [9.17, 15) is 0 Å². The molecule has 0 saturated heterocycles. The lowest BCUT2D eigenvalue weighted by Crippen LogP contribution is -2.33. The molecule has 1 aliphatic heterocycles. The van der Waals surface area contributed by atoms with Crippen molar-refractivity contribution in [2.75, 3.05) is 5.75 Å². The van der Waals surface area contributed by atoms with Gasteiger partial charge in [0.05, 0.1) is 22.4 Å². The Morgan fingerprint density at radius 1 is 1.17 bits per heavy atom. The zero-order chi connectivity index (χ0) is 21.3. The third-order valence-electron chi connectivity index (χ3n) is 5.72. The number of thiophene rings is 1. The molecular formula is C24H33N3OS2. The molecule has 0 N–H and O–H groups in total. The predicted octanol–water partition coefficient (Wildman–Crippen LogP) is 6.96. The van der Waals surface area contributed by atoms with E-state index in [-0.39, 0.29) is 5.60 Å². The third kappa shape index (κ3) is 4.51. The Labute approximate surface area is 188 Å². The summed E-state index contributed by atoms with van der Waals surface area (Å²) in [6.45, 7) is 11.8. The number of rotatable bonds is 8. The summed E-state index contributed by atoms with van der Waals surface area (Å²) in [7, 11) is 0. The molecule has 4 heterocycles. The van der Waals surface area contributed by atoms with E-state index in [1.807, 2.05) is 11.8 Å². The van der Waals surface area contributed by atoms with Crippen LogP contribution in [-0.4, -0.2) is 26.3 Å². The highest BCUT2D eigenvalue weighted by atomic mass is 32.2. The number of hydrogen-bond acceptors (Lipinski definition) is 6. The minimum atomic E-state index is -0.158. The zero-order valence-corrected chi connectivity index (χ0v) is 20.5.